The Labute approximate surface area is 614 Å². The molecule has 0 radical (unpaired) electrons. The second-order valence-electron chi connectivity index (χ2n) is 31.6. The first-order valence-corrected chi connectivity index (χ1v) is 38.1. The Bertz CT molecular complexity index is 3940. The van der Waals surface area contributed by atoms with E-state index < -0.39 is 17.9 Å². The van der Waals surface area contributed by atoms with Crippen LogP contribution in [-0.2, 0) is 37.9 Å². The number of aromatic carboxylic acids is 3. The number of carboxylic acids is 3. The summed E-state index contributed by atoms with van der Waals surface area (Å²) in [4.78, 5) is 77.3. The van der Waals surface area contributed by atoms with E-state index in [1.54, 1.807) is 43.3 Å². The summed E-state index contributed by atoms with van der Waals surface area (Å²) < 4.78 is 29.9. The van der Waals surface area contributed by atoms with E-state index >= 15 is 0 Å². The Morgan fingerprint density at radius 2 is 0.718 bits per heavy atom. The molecule has 0 aromatic heterocycles. The minimum Gasteiger partial charge on any atom is -0.478 e. The van der Waals surface area contributed by atoms with Gasteiger partial charge in [-0.2, -0.15) is 0 Å². The summed E-state index contributed by atoms with van der Waals surface area (Å²) in [5.74, 6) is -0.331. The van der Waals surface area contributed by atoms with Crippen molar-refractivity contribution in [3.05, 3.63) is 182 Å². The van der Waals surface area contributed by atoms with Crippen LogP contribution >= 0.6 is 15.9 Å². The molecule has 3 aliphatic carbocycles. The van der Waals surface area contributed by atoms with Crippen LogP contribution in [0.25, 0.3) is 22.3 Å². The summed E-state index contributed by atoms with van der Waals surface area (Å²) in [7, 11) is -0.302. The van der Waals surface area contributed by atoms with E-state index in [0.717, 1.165) is 172 Å². The fraction of sp³-hybridized carbons (Fsp3) is 0.500. The Balaban J connectivity index is 0.000000128. The fourth-order valence-corrected chi connectivity index (χ4v) is 17.8. The Hall–Kier alpha value is -7.52. The van der Waals surface area contributed by atoms with Gasteiger partial charge in [0.1, 0.15) is 18.3 Å². The molecule has 6 aromatic rings. The average Bonchev–Trinajstić information content (AvgIpc) is 1.59. The highest BCUT2D eigenvalue weighted by Crippen LogP contribution is 2.67. The number of hydrogen-bond donors (Lipinski definition) is 3. The number of carboxylic acid groups (broad SMARTS) is 3. The van der Waals surface area contributed by atoms with Crippen molar-refractivity contribution in [1.29, 1.82) is 0 Å². The molecule has 7 aliphatic heterocycles. The minimum atomic E-state index is -0.889. The van der Waals surface area contributed by atoms with Crippen molar-refractivity contribution in [1.82, 2.24) is 14.7 Å². The predicted octanol–water partition coefficient (Wildman–Crippen LogP) is 15.0. The number of amides is 3. The number of piperidine rings is 3. The zero-order valence-corrected chi connectivity index (χ0v) is 62.3. The van der Waals surface area contributed by atoms with Crippen LogP contribution in [0.4, 0.5) is 0 Å². The lowest BCUT2D eigenvalue weighted by Crippen LogP contribution is -2.44. The topological polar surface area (TPSA) is 219 Å². The molecule has 1 unspecified atom stereocenters. The summed E-state index contributed by atoms with van der Waals surface area (Å²) >= 11 is 3.25. The maximum Gasteiger partial charge on any atom is 0.494 e. The first-order chi connectivity index (χ1) is 49.3. The summed E-state index contributed by atoms with van der Waals surface area (Å²) in [6.45, 7) is 21.1. The third kappa shape index (κ3) is 15.6. The molecule has 6 aromatic carbocycles. The van der Waals surface area contributed by atoms with Gasteiger partial charge in [-0.3, -0.25) is 14.4 Å². The predicted molar refractivity (Wildman–Crippen MR) is 399 cm³/mol. The Morgan fingerprint density at radius 3 is 1.01 bits per heavy atom. The quantitative estimate of drug-likeness (QED) is 0.0971. The number of likely N-dealkylation sites (tertiary alicyclic amines) is 3. The van der Waals surface area contributed by atoms with Gasteiger partial charge in [-0.25, -0.2) is 14.4 Å². The van der Waals surface area contributed by atoms with Crippen molar-refractivity contribution in [2.75, 3.05) is 59.1 Å². The zero-order chi connectivity index (χ0) is 72.8. The van der Waals surface area contributed by atoms with Crippen LogP contribution < -0.4 is 5.46 Å². The lowest BCUT2D eigenvalue weighted by atomic mass is 9.78. The third-order valence-corrected chi connectivity index (χ3v) is 26.0. The van der Waals surface area contributed by atoms with Crippen molar-refractivity contribution < 1.29 is 67.6 Å². The minimum absolute atomic E-state index is 0.184. The molecule has 16 rings (SSSR count). The Kier molecular flexibility index (Phi) is 21.6. The van der Waals surface area contributed by atoms with Crippen LogP contribution in [0.3, 0.4) is 0 Å². The molecular weight excluding hydrogens is 1370 g/mol. The van der Waals surface area contributed by atoms with Crippen LogP contribution in [-0.4, -0.2) is 161 Å². The number of rotatable bonds is 12. The largest absolute Gasteiger partial charge is 0.494 e. The maximum absolute atomic E-state index is 12.6. The summed E-state index contributed by atoms with van der Waals surface area (Å²) in [6, 6.07) is 42.1. The molecular formula is C84H99BBrN3O14. The van der Waals surface area contributed by atoms with Crippen molar-refractivity contribution in [2.24, 2.45) is 16.2 Å². The van der Waals surface area contributed by atoms with E-state index in [9.17, 15) is 39.0 Å². The van der Waals surface area contributed by atoms with Crippen LogP contribution in [0.5, 0.6) is 0 Å². The standard InChI is InChI=1S/2C26H29NO4.C24H34BNO4.C8H7BrO2/c2*1-17-20(4-2-5-21(17)25(29)30)18-7-9-19(10-8-18)22-16-26(22)11-13-27(14-12-26)24(28)23-6-3-15-31-23;1-22(2)23(3,4)30-25(29-22)18-9-7-17(8-10-18)19-16-24(19)11-13-26(14-12-24)21(27)20-6-5-15-28-20;1-5-6(8(10)11)3-2-4-7(5)9/h2*2,4-5,7-10,22-23H,3,6,11-16H2,1H3,(H,29,30);7-10,19-20H,5-6,11-16H2,1-4H3;2-4H,1H3,(H,10,11)/t22-,23+;22-,23-;19?,20-;/m011./s1. The number of benzene rings is 6. The zero-order valence-electron chi connectivity index (χ0n) is 60.7. The molecule has 3 spiro atoms. The molecule has 3 amide bonds. The van der Waals surface area contributed by atoms with Gasteiger partial charge in [0, 0.05) is 63.6 Å². The van der Waals surface area contributed by atoms with E-state index in [-0.39, 0.29) is 54.4 Å². The maximum atomic E-state index is 12.6. The highest BCUT2D eigenvalue weighted by Gasteiger charge is 2.59. The molecule has 6 atom stereocenters. The van der Waals surface area contributed by atoms with E-state index in [2.05, 4.69) is 116 Å². The van der Waals surface area contributed by atoms with Gasteiger partial charge in [0.25, 0.3) is 17.7 Å². The van der Waals surface area contributed by atoms with Crippen LogP contribution in [0, 0.1) is 37.0 Å². The molecule has 3 N–H and O–H groups in total. The van der Waals surface area contributed by atoms with E-state index in [4.69, 9.17) is 28.6 Å². The second kappa shape index (κ2) is 30.2. The monoisotopic (exact) mass is 1460 g/mol. The summed E-state index contributed by atoms with van der Waals surface area (Å²) in [5.41, 5.74) is 13.1. The lowest BCUT2D eigenvalue weighted by Gasteiger charge is -2.34. The number of carbonyl (C=O) groups is 6. The highest BCUT2D eigenvalue weighted by atomic mass is 79.9. The second-order valence-corrected chi connectivity index (χ2v) is 32.5. The van der Waals surface area contributed by atoms with E-state index in [1.807, 2.05) is 46.7 Å². The molecule has 7 heterocycles. The van der Waals surface area contributed by atoms with Gasteiger partial charge in [0.2, 0.25) is 0 Å². The number of ether oxygens (including phenoxy) is 3. The van der Waals surface area contributed by atoms with Gasteiger partial charge in [-0.05, 0) is 264 Å². The van der Waals surface area contributed by atoms with Gasteiger partial charge in [0.15, 0.2) is 0 Å². The van der Waals surface area contributed by atoms with Gasteiger partial charge >= 0.3 is 25.0 Å². The number of halogens is 1. The molecule has 10 fully saturated rings. The highest BCUT2D eigenvalue weighted by molar-refractivity contribution is 9.10. The van der Waals surface area contributed by atoms with E-state index in [0.29, 0.717) is 63.9 Å². The van der Waals surface area contributed by atoms with E-state index in [1.165, 1.54) is 36.0 Å². The normalized spacial score (nSPS) is 24.8. The number of carbonyl (C=O) groups excluding carboxylic acids is 3. The summed E-state index contributed by atoms with van der Waals surface area (Å²) in [5, 5.41) is 27.4. The molecule has 19 heteroatoms. The van der Waals surface area contributed by atoms with Crippen molar-refractivity contribution in [2.45, 2.75) is 192 Å². The van der Waals surface area contributed by atoms with Gasteiger partial charge in [-0.15, -0.1) is 0 Å². The molecule has 0 bridgehead atoms. The van der Waals surface area contributed by atoms with Crippen LogP contribution in [0.15, 0.2) is 132 Å². The van der Waals surface area contributed by atoms with Crippen molar-refractivity contribution >= 4 is 64.1 Å². The van der Waals surface area contributed by atoms with Crippen LogP contribution in [0.1, 0.15) is 206 Å². The molecule has 544 valence electrons. The molecule has 3 saturated carbocycles. The van der Waals surface area contributed by atoms with Crippen molar-refractivity contribution in [3.63, 3.8) is 0 Å². The molecule has 7 saturated heterocycles. The van der Waals surface area contributed by atoms with Crippen LogP contribution in [0.2, 0.25) is 0 Å². The smallest absolute Gasteiger partial charge is 0.478 e. The fourth-order valence-electron chi connectivity index (χ4n) is 17.4. The van der Waals surface area contributed by atoms with Gasteiger partial charge in [-0.1, -0.05) is 119 Å². The lowest BCUT2D eigenvalue weighted by molar-refractivity contribution is -0.143. The SMILES string of the molecule is CC1(C)OB(c2ccc(C3CC34CCN(C(=O)[C@H]3CCCO3)CC4)cc2)OC1(C)C.Cc1c(Br)cccc1C(=O)O.Cc1c(C(=O)O)cccc1-c1ccc([C@@H]2CC23CCN(C(=O)[C@H]2CCCO2)CC3)cc1.Cc1c(C(=O)O)cccc1-c1ccc([C@H]2CC23CCN(C(=O)[C@H]2CCCO2)CC3)cc1. The Morgan fingerprint density at radius 1 is 0.417 bits per heavy atom. The first kappa shape index (κ1) is 73.8. The molecule has 17 nitrogen and oxygen atoms in total. The molecule has 103 heavy (non-hydrogen) atoms. The number of nitrogens with zero attached hydrogens (tertiary/aromatic N) is 3. The number of hydrogen-bond acceptors (Lipinski definition) is 11. The molecule has 10 aliphatic rings. The average molecular weight is 1470 g/mol. The van der Waals surface area contributed by atoms with Crippen molar-refractivity contribution in [3.8, 4) is 22.3 Å². The summed E-state index contributed by atoms with van der Waals surface area (Å²) in [6.07, 6.45) is 15.1. The van der Waals surface area contributed by atoms with Gasteiger partial charge < -0.3 is 53.5 Å². The van der Waals surface area contributed by atoms with Gasteiger partial charge in [0.05, 0.1) is 27.9 Å². The third-order valence-electron chi connectivity index (χ3n) is 25.1. The first-order valence-electron chi connectivity index (χ1n) is 37.3.